The molecule has 1 atom stereocenters. The van der Waals surface area contributed by atoms with Crippen molar-refractivity contribution in [3.8, 4) is 0 Å². The van der Waals surface area contributed by atoms with Crippen LogP contribution in [0.25, 0.3) is 0 Å². The lowest BCUT2D eigenvalue weighted by Gasteiger charge is -2.21. The Morgan fingerprint density at radius 3 is 2.37 bits per heavy atom. The molecule has 1 rings (SSSR count). The van der Waals surface area contributed by atoms with E-state index in [1.54, 1.807) is 0 Å². The third-order valence-electron chi connectivity index (χ3n) is 4.22. The minimum atomic E-state index is 0.500. The Hall–Kier alpha value is -0.370. The van der Waals surface area contributed by atoms with Crippen LogP contribution >= 0.6 is 0 Å². The van der Waals surface area contributed by atoms with Gasteiger partial charge in [0.2, 0.25) is 0 Å². The minimum Gasteiger partial charge on any atom is -0.316 e. The van der Waals surface area contributed by atoms with Gasteiger partial charge in [0.25, 0.3) is 0 Å². The van der Waals surface area contributed by atoms with Crippen LogP contribution in [0.1, 0.15) is 84.0 Å². The van der Waals surface area contributed by atoms with E-state index in [0.29, 0.717) is 11.7 Å². The van der Waals surface area contributed by atoms with Crippen molar-refractivity contribution < 1.29 is 4.79 Å². The monoisotopic (exact) mass is 267 g/mol. The second-order valence-electron chi connectivity index (χ2n) is 6.18. The van der Waals surface area contributed by atoms with Gasteiger partial charge in [-0.3, -0.25) is 4.79 Å². The average molecular weight is 267 g/mol. The van der Waals surface area contributed by atoms with Crippen molar-refractivity contribution in [2.75, 3.05) is 13.1 Å². The lowest BCUT2D eigenvalue weighted by molar-refractivity contribution is -0.120. The quantitative estimate of drug-likeness (QED) is 0.559. The van der Waals surface area contributed by atoms with E-state index >= 15 is 0 Å². The molecule has 0 radical (unpaired) electrons. The van der Waals surface area contributed by atoms with Gasteiger partial charge in [-0.25, -0.2) is 0 Å². The molecule has 19 heavy (non-hydrogen) atoms. The number of Topliss-reactive ketones (excluding diaryl/α,β-unsaturated/α-hetero) is 1. The number of carbonyl (C=O) groups excluding carboxylic acids is 1. The first-order valence-electron chi connectivity index (χ1n) is 8.55. The van der Waals surface area contributed by atoms with E-state index in [1.165, 1.54) is 57.8 Å². The fourth-order valence-corrected chi connectivity index (χ4v) is 2.98. The summed E-state index contributed by atoms with van der Waals surface area (Å²) in [6.07, 6.45) is 14.7. The van der Waals surface area contributed by atoms with Crippen LogP contribution in [0.2, 0.25) is 0 Å². The summed E-state index contributed by atoms with van der Waals surface area (Å²) in [6, 6.07) is 0. The SMILES string of the molecule is CCCCCCCCCCC(=O)CC1CCCNC1. The molecule has 1 heterocycles. The Labute approximate surface area is 119 Å². The molecule has 0 aromatic carbocycles. The number of nitrogens with one attached hydrogen (secondary N) is 1. The van der Waals surface area contributed by atoms with Crippen molar-refractivity contribution in [1.82, 2.24) is 5.32 Å². The van der Waals surface area contributed by atoms with Gasteiger partial charge in [0, 0.05) is 12.8 Å². The van der Waals surface area contributed by atoms with E-state index in [0.717, 1.165) is 32.4 Å². The van der Waals surface area contributed by atoms with Gasteiger partial charge in [0.05, 0.1) is 0 Å². The highest BCUT2D eigenvalue weighted by atomic mass is 16.1. The molecule has 112 valence electrons. The highest BCUT2D eigenvalue weighted by Crippen LogP contribution is 2.16. The number of hydrogen-bond acceptors (Lipinski definition) is 2. The minimum absolute atomic E-state index is 0.500. The van der Waals surface area contributed by atoms with Crippen LogP contribution in [-0.4, -0.2) is 18.9 Å². The van der Waals surface area contributed by atoms with Crippen LogP contribution in [0.5, 0.6) is 0 Å². The second kappa shape index (κ2) is 11.5. The first kappa shape index (κ1) is 16.7. The van der Waals surface area contributed by atoms with E-state index in [4.69, 9.17) is 0 Å². The summed E-state index contributed by atoms with van der Waals surface area (Å²) in [5.74, 6) is 1.12. The fourth-order valence-electron chi connectivity index (χ4n) is 2.98. The van der Waals surface area contributed by atoms with E-state index < -0.39 is 0 Å². The Kier molecular flexibility index (Phi) is 10.1. The van der Waals surface area contributed by atoms with Gasteiger partial charge in [0.1, 0.15) is 5.78 Å². The maximum absolute atomic E-state index is 11.9. The molecular weight excluding hydrogens is 234 g/mol. The van der Waals surface area contributed by atoms with E-state index in [2.05, 4.69) is 12.2 Å². The molecule has 0 saturated carbocycles. The number of piperidine rings is 1. The molecule has 2 heteroatoms. The summed E-state index contributed by atoms with van der Waals surface area (Å²) < 4.78 is 0. The molecule has 0 spiro atoms. The van der Waals surface area contributed by atoms with Crippen molar-refractivity contribution in [1.29, 1.82) is 0 Å². The van der Waals surface area contributed by atoms with Crippen molar-refractivity contribution in [2.45, 2.75) is 84.0 Å². The second-order valence-corrected chi connectivity index (χ2v) is 6.18. The molecule has 0 amide bonds. The van der Waals surface area contributed by atoms with Gasteiger partial charge >= 0.3 is 0 Å². The van der Waals surface area contributed by atoms with Crippen LogP contribution in [0.3, 0.4) is 0 Å². The van der Waals surface area contributed by atoms with Crippen molar-refractivity contribution in [2.24, 2.45) is 5.92 Å². The maximum Gasteiger partial charge on any atom is 0.133 e. The standard InChI is InChI=1S/C17H33NO/c1-2-3-4-5-6-7-8-9-12-17(19)14-16-11-10-13-18-15-16/h16,18H,2-15H2,1H3. The molecule has 0 aromatic rings. The third-order valence-corrected chi connectivity index (χ3v) is 4.22. The zero-order chi connectivity index (χ0) is 13.8. The molecule has 1 aliphatic heterocycles. The van der Waals surface area contributed by atoms with Crippen molar-refractivity contribution >= 4 is 5.78 Å². The summed E-state index contributed by atoms with van der Waals surface area (Å²) in [6.45, 7) is 4.46. The number of hydrogen-bond donors (Lipinski definition) is 1. The normalized spacial score (nSPS) is 19.5. The van der Waals surface area contributed by atoms with E-state index in [1.807, 2.05) is 0 Å². The summed E-state index contributed by atoms with van der Waals surface area (Å²) in [5.41, 5.74) is 0. The third kappa shape index (κ3) is 9.21. The van der Waals surface area contributed by atoms with Crippen LogP contribution in [0.15, 0.2) is 0 Å². The van der Waals surface area contributed by atoms with Crippen molar-refractivity contribution in [3.63, 3.8) is 0 Å². The zero-order valence-electron chi connectivity index (χ0n) is 12.9. The molecule has 0 aromatic heterocycles. The predicted octanol–water partition coefficient (Wildman–Crippen LogP) is 4.48. The van der Waals surface area contributed by atoms with Crippen LogP contribution < -0.4 is 5.32 Å². The molecule has 1 unspecified atom stereocenters. The molecule has 0 aliphatic carbocycles. The summed E-state index contributed by atoms with van der Waals surface area (Å²) in [5, 5.41) is 3.39. The molecule has 1 aliphatic rings. The Morgan fingerprint density at radius 2 is 1.74 bits per heavy atom. The van der Waals surface area contributed by atoms with Gasteiger partial charge in [-0.05, 0) is 38.3 Å². The Morgan fingerprint density at radius 1 is 1.05 bits per heavy atom. The maximum atomic E-state index is 11.9. The lowest BCUT2D eigenvalue weighted by Crippen LogP contribution is -2.31. The van der Waals surface area contributed by atoms with Gasteiger partial charge < -0.3 is 5.32 Å². The molecule has 2 nitrogen and oxygen atoms in total. The Balaban J connectivity index is 1.87. The summed E-state index contributed by atoms with van der Waals surface area (Å²) in [7, 11) is 0. The zero-order valence-corrected chi connectivity index (χ0v) is 12.9. The largest absolute Gasteiger partial charge is 0.316 e. The Bertz CT molecular complexity index is 221. The fraction of sp³-hybridized carbons (Fsp3) is 0.941. The van der Waals surface area contributed by atoms with Gasteiger partial charge in [0.15, 0.2) is 0 Å². The van der Waals surface area contributed by atoms with E-state index in [-0.39, 0.29) is 0 Å². The van der Waals surface area contributed by atoms with Crippen molar-refractivity contribution in [3.05, 3.63) is 0 Å². The highest BCUT2D eigenvalue weighted by molar-refractivity contribution is 5.78. The predicted molar refractivity (Wildman–Crippen MR) is 82.4 cm³/mol. The summed E-state index contributed by atoms with van der Waals surface area (Å²) >= 11 is 0. The lowest BCUT2D eigenvalue weighted by atomic mass is 9.92. The van der Waals surface area contributed by atoms with Crippen LogP contribution in [-0.2, 0) is 4.79 Å². The smallest absolute Gasteiger partial charge is 0.133 e. The number of unbranched alkanes of at least 4 members (excludes halogenated alkanes) is 7. The van der Waals surface area contributed by atoms with Crippen LogP contribution in [0.4, 0.5) is 0 Å². The average Bonchev–Trinajstić information content (AvgIpc) is 2.43. The molecule has 0 bridgehead atoms. The topological polar surface area (TPSA) is 29.1 Å². The molecule has 1 N–H and O–H groups in total. The van der Waals surface area contributed by atoms with Gasteiger partial charge in [-0.15, -0.1) is 0 Å². The van der Waals surface area contributed by atoms with Crippen LogP contribution in [0, 0.1) is 5.92 Å². The first-order chi connectivity index (χ1) is 9.33. The number of carbonyl (C=O) groups is 1. The highest BCUT2D eigenvalue weighted by Gasteiger charge is 2.16. The summed E-state index contributed by atoms with van der Waals surface area (Å²) in [4.78, 5) is 11.9. The van der Waals surface area contributed by atoms with Gasteiger partial charge in [-0.2, -0.15) is 0 Å². The first-order valence-corrected chi connectivity index (χ1v) is 8.55. The number of rotatable bonds is 11. The molecular formula is C17H33NO. The van der Waals surface area contributed by atoms with Gasteiger partial charge in [-0.1, -0.05) is 51.9 Å². The molecule has 1 saturated heterocycles. The molecule has 1 fully saturated rings. The van der Waals surface area contributed by atoms with E-state index in [9.17, 15) is 4.79 Å². The number of ketones is 1.